The third-order valence-corrected chi connectivity index (χ3v) is 5.02. The van der Waals surface area contributed by atoms with Gasteiger partial charge in [0.1, 0.15) is 5.75 Å². The van der Waals surface area contributed by atoms with E-state index in [0.29, 0.717) is 0 Å². The van der Waals surface area contributed by atoms with E-state index in [1.807, 2.05) is 23.5 Å². The lowest BCUT2D eigenvalue weighted by Gasteiger charge is -2.13. The zero-order valence-corrected chi connectivity index (χ0v) is 14.0. The molecule has 1 atom stereocenters. The average Bonchev–Trinajstić information content (AvgIpc) is 2.94. The number of halogens is 1. The first kappa shape index (κ1) is 15.5. The molecule has 1 unspecified atom stereocenters. The van der Waals surface area contributed by atoms with Crippen molar-refractivity contribution in [2.75, 3.05) is 7.11 Å². The van der Waals surface area contributed by atoms with Crippen molar-refractivity contribution in [3.8, 4) is 5.75 Å². The van der Waals surface area contributed by atoms with E-state index in [4.69, 9.17) is 10.5 Å². The van der Waals surface area contributed by atoms with Crippen LogP contribution in [-0.4, -0.2) is 13.2 Å². The highest BCUT2D eigenvalue weighted by atomic mass is 79.9. The van der Waals surface area contributed by atoms with Crippen LogP contribution in [0.25, 0.3) is 0 Å². The van der Waals surface area contributed by atoms with Crippen molar-refractivity contribution in [1.29, 1.82) is 0 Å². The molecule has 0 fully saturated rings. The number of rotatable bonds is 7. The van der Waals surface area contributed by atoms with Crippen molar-refractivity contribution in [3.05, 3.63) is 50.6 Å². The van der Waals surface area contributed by atoms with E-state index >= 15 is 0 Å². The van der Waals surface area contributed by atoms with Gasteiger partial charge in [-0.1, -0.05) is 22.0 Å². The van der Waals surface area contributed by atoms with E-state index < -0.39 is 0 Å². The van der Waals surface area contributed by atoms with E-state index in [2.05, 4.69) is 39.5 Å². The third-order valence-electron chi connectivity index (χ3n) is 3.31. The number of methoxy groups -OCH3 is 1. The van der Waals surface area contributed by atoms with Gasteiger partial charge in [-0.2, -0.15) is 0 Å². The Morgan fingerprint density at radius 1 is 1.35 bits per heavy atom. The summed E-state index contributed by atoms with van der Waals surface area (Å²) in [5.74, 6) is 0.883. The van der Waals surface area contributed by atoms with Gasteiger partial charge < -0.3 is 10.5 Å². The van der Waals surface area contributed by atoms with Gasteiger partial charge in [-0.25, -0.2) is 0 Å². The molecule has 108 valence electrons. The summed E-state index contributed by atoms with van der Waals surface area (Å²) in [4.78, 5) is 1.44. The smallest absolute Gasteiger partial charge is 0.119 e. The molecule has 0 bridgehead atoms. The van der Waals surface area contributed by atoms with Crippen LogP contribution in [0, 0.1) is 0 Å². The maximum atomic E-state index is 6.25. The Balaban J connectivity index is 1.83. The molecule has 1 heterocycles. The van der Waals surface area contributed by atoms with Gasteiger partial charge >= 0.3 is 0 Å². The number of ether oxygens (including phenoxy) is 1. The van der Waals surface area contributed by atoms with Crippen molar-refractivity contribution in [2.45, 2.75) is 31.7 Å². The van der Waals surface area contributed by atoms with E-state index in [1.54, 1.807) is 7.11 Å². The van der Waals surface area contributed by atoms with Gasteiger partial charge in [-0.15, -0.1) is 11.3 Å². The Labute approximate surface area is 133 Å². The Kier molecular flexibility index (Phi) is 6.07. The minimum Gasteiger partial charge on any atom is -0.497 e. The fourth-order valence-corrected chi connectivity index (χ4v) is 3.37. The molecule has 4 heteroatoms. The zero-order valence-electron chi connectivity index (χ0n) is 11.6. The second-order valence-corrected chi connectivity index (χ2v) is 6.78. The molecule has 0 spiro atoms. The molecule has 2 nitrogen and oxygen atoms in total. The molecule has 0 aliphatic carbocycles. The summed E-state index contributed by atoms with van der Waals surface area (Å²) in [7, 11) is 1.69. The number of aryl methyl sites for hydroxylation is 1. The Morgan fingerprint density at radius 3 is 2.90 bits per heavy atom. The van der Waals surface area contributed by atoms with Crippen molar-refractivity contribution in [3.63, 3.8) is 0 Å². The fourth-order valence-electron chi connectivity index (χ4n) is 2.21. The molecule has 2 rings (SSSR count). The highest BCUT2D eigenvalue weighted by Gasteiger charge is 2.08. The first-order valence-corrected chi connectivity index (χ1v) is 8.46. The van der Waals surface area contributed by atoms with Gasteiger partial charge in [-0.05, 0) is 60.9 Å². The molecule has 0 aliphatic rings. The quantitative estimate of drug-likeness (QED) is 0.799. The number of thiophene rings is 1. The van der Waals surface area contributed by atoms with Crippen LogP contribution in [0.4, 0.5) is 0 Å². The largest absolute Gasteiger partial charge is 0.497 e. The number of hydrogen-bond donors (Lipinski definition) is 1. The molecule has 0 saturated carbocycles. The van der Waals surface area contributed by atoms with Gasteiger partial charge in [0, 0.05) is 15.4 Å². The lowest BCUT2D eigenvalue weighted by Crippen LogP contribution is -2.23. The van der Waals surface area contributed by atoms with Crippen molar-refractivity contribution in [2.24, 2.45) is 5.73 Å². The van der Waals surface area contributed by atoms with Gasteiger partial charge in [0.2, 0.25) is 0 Å². The maximum Gasteiger partial charge on any atom is 0.119 e. The molecule has 2 aromatic rings. The lowest BCUT2D eigenvalue weighted by atomic mass is 10.0. The van der Waals surface area contributed by atoms with E-state index in [0.717, 1.165) is 35.9 Å². The summed E-state index contributed by atoms with van der Waals surface area (Å²) in [5.41, 5.74) is 7.46. The molecule has 0 aliphatic heterocycles. The Hall–Kier alpha value is -0.840. The van der Waals surface area contributed by atoms with Crippen molar-refractivity contribution in [1.82, 2.24) is 0 Å². The number of benzene rings is 1. The van der Waals surface area contributed by atoms with Crippen LogP contribution in [0.2, 0.25) is 0 Å². The topological polar surface area (TPSA) is 35.2 Å². The summed E-state index contributed by atoms with van der Waals surface area (Å²) in [6.45, 7) is 0. The molecule has 0 radical (unpaired) electrons. The zero-order chi connectivity index (χ0) is 14.4. The van der Waals surface area contributed by atoms with Gasteiger partial charge in [0.05, 0.1) is 7.11 Å². The predicted molar refractivity (Wildman–Crippen MR) is 89.6 cm³/mol. The SMILES string of the molecule is COc1ccc(Br)c(CC(N)CCCc2cccs2)c1. The normalized spacial score (nSPS) is 12.3. The van der Waals surface area contributed by atoms with Crippen molar-refractivity contribution >= 4 is 27.3 Å². The molecule has 1 aromatic carbocycles. The van der Waals surface area contributed by atoms with E-state index in [9.17, 15) is 0 Å². The maximum absolute atomic E-state index is 6.25. The minimum atomic E-state index is 0.193. The molecule has 1 aromatic heterocycles. The summed E-state index contributed by atoms with van der Waals surface area (Å²) in [6.07, 6.45) is 4.19. The molecule has 0 amide bonds. The summed E-state index contributed by atoms with van der Waals surface area (Å²) >= 11 is 5.40. The first-order chi connectivity index (χ1) is 9.69. The van der Waals surface area contributed by atoms with Crippen LogP contribution in [0.1, 0.15) is 23.3 Å². The lowest BCUT2D eigenvalue weighted by molar-refractivity contribution is 0.414. The van der Waals surface area contributed by atoms with Gasteiger partial charge in [0.25, 0.3) is 0 Å². The number of hydrogen-bond acceptors (Lipinski definition) is 3. The van der Waals surface area contributed by atoms with Crippen LogP contribution in [0.5, 0.6) is 5.75 Å². The van der Waals surface area contributed by atoms with E-state index in [1.165, 1.54) is 10.4 Å². The summed E-state index contributed by atoms with van der Waals surface area (Å²) in [6, 6.07) is 10.5. The van der Waals surface area contributed by atoms with Crippen molar-refractivity contribution < 1.29 is 4.74 Å². The third kappa shape index (κ3) is 4.62. The van der Waals surface area contributed by atoms with E-state index in [-0.39, 0.29) is 6.04 Å². The van der Waals surface area contributed by atoms with Crippen LogP contribution in [0.3, 0.4) is 0 Å². The summed E-state index contributed by atoms with van der Waals surface area (Å²) in [5, 5.41) is 2.13. The fraction of sp³-hybridized carbons (Fsp3) is 0.375. The first-order valence-electron chi connectivity index (χ1n) is 6.79. The van der Waals surface area contributed by atoms with Crippen LogP contribution in [0.15, 0.2) is 40.2 Å². The number of nitrogens with two attached hydrogens (primary N) is 1. The highest BCUT2D eigenvalue weighted by Crippen LogP contribution is 2.24. The monoisotopic (exact) mass is 353 g/mol. The Bertz CT molecular complexity index is 527. The predicted octanol–water partition coefficient (Wildman–Crippen LogP) is 4.41. The standard InChI is InChI=1S/C16H20BrNOS/c1-19-14-7-8-16(17)12(11-14)10-13(18)4-2-5-15-6-3-9-20-15/h3,6-9,11,13H,2,4-5,10,18H2,1H3. The van der Waals surface area contributed by atoms with Crippen LogP contribution in [-0.2, 0) is 12.8 Å². The molecule has 2 N–H and O–H groups in total. The van der Waals surface area contributed by atoms with Gasteiger partial charge in [0.15, 0.2) is 0 Å². The highest BCUT2D eigenvalue weighted by molar-refractivity contribution is 9.10. The van der Waals surface area contributed by atoms with Crippen LogP contribution >= 0.6 is 27.3 Å². The Morgan fingerprint density at radius 2 is 2.20 bits per heavy atom. The summed E-state index contributed by atoms with van der Waals surface area (Å²) < 4.78 is 6.36. The second-order valence-electron chi connectivity index (χ2n) is 4.89. The minimum absolute atomic E-state index is 0.193. The van der Waals surface area contributed by atoms with Crippen LogP contribution < -0.4 is 10.5 Å². The average molecular weight is 354 g/mol. The molecular formula is C16H20BrNOS. The molecular weight excluding hydrogens is 334 g/mol. The second kappa shape index (κ2) is 7.81. The molecule has 0 saturated heterocycles. The molecule has 20 heavy (non-hydrogen) atoms. The van der Waals surface area contributed by atoms with Gasteiger partial charge in [-0.3, -0.25) is 0 Å².